The second-order valence-electron chi connectivity index (χ2n) is 4.84. The number of hydrogen-bond acceptors (Lipinski definition) is 1. The molecular formula is C12H22O. The third-order valence-corrected chi connectivity index (χ3v) is 4.06. The molecule has 0 N–H and O–H groups in total. The van der Waals surface area contributed by atoms with Crippen LogP contribution in [0, 0.1) is 11.8 Å². The van der Waals surface area contributed by atoms with Gasteiger partial charge in [0.05, 0.1) is 6.10 Å². The first-order chi connectivity index (χ1) is 6.40. The Morgan fingerprint density at radius 1 is 0.846 bits per heavy atom. The van der Waals surface area contributed by atoms with Crippen molar-refractivity contribution < 1.29 is 4.74 Å². The third-order valence-electron chi connectivity index (χ3n) is 4.06. The lowest BCUT2D eigenvalue weighted by atomic mass is 9.85. The van der Waals surface area contributed by atoms with Crippen molar-refractivity contribution in [1.82, 2.24) is 0 Å². The Labute approximate surface area is 81.9 Å². The topological polar surface area (TPSA) is 9.23 Å². The summed E-state index contributed by atoms with van der Waals surface area (Å²) in [7, 11) is 1.90. The fourth-order valence-electron chi connectivity index (χ4n) is 3.22. The summed E-state index contributed by atoms with van der Waals surface area (Å²) in [6, 6.07) is 0. The summed E-state index contributed by atoms with van der Waals surface area (Å²) < 4.78 is 5.61. The first kappa shape index (κ1) is 9.51. The maximum atomic E-state index is 5.61. The summed E-state index contributed by atoms with van der Waals surface area (Å²) in [5.74, 6) is 1.94. The molecule has 0 heterocycles. The van der Waals surface area contributed by atoms with Crippen molar-refractivity contribution in [2.45, 2.75) is 57.5 Å². The van der Waals surface area contributed by atoms with E-state index in [0.29, 0.717) is 6.10 Å². The minimum atomic E-state index is 0.582. The molecule has 2 fully saturated rings. The zero-order chi connectivity index (χ0) is 9.10. The average Bonchev–Trinajstić information content (AvgIpc) is 2.29. The molecule has 0 spiro atoms. The van der Waals surface area contributed by atoms with E-state index >= 15 is 0 Å². The first-order valence-corrected chi connectivity index (χ1v) is 5.93. The van der Waals surface area contributed by atoms with Crippen molar-refractivity contribution in [2.24, 2.45) is 11.8 Å². The smallest absolute Gasteiger partial charge is 0.0599 e. The Bertz CT molecular complexity index is 155. The first-order valence-electron chi connectivity index (χ1n) is 5.93. The van der Waals surface area contributed by atoms with Crippen LogP contribution in [0.4, 0.5) is 0 Å². The van der Waals surface area contributed by atoms with E-state index in [1.807, 2.05) is 7.11 Å². The Kier molecular flexibility index (Phi) is 3.26. The van der Waals surface area contributed by atoms with Gasteiger partial charge < -0.3 is 4.74 Å². The lowest BCUT2D eigenvalue weighted by Gasteiger charge is -2.27. The highest BCUT2D eigenvalue weighted by Crippen LogP contribution is 2.36. The molecule has 0 aromatic heterocycles. The Hall–Kier alpha value is -0.0400. The van der Waals surface area contributed by atoms with Crippen molar-refractivity contribution in [1.29, 1.82) is 0 Å². The summed E-state index contributed by atoms with van der Waals surface area (Å²) in [5, 5.41) is 0. The van der Waals surface area contributed by atoms with Crippen LogP contribution in [-0.2, 0) is 4.74 Å². The number of ether oxygens (including phenoxy) is 1. The minimum Gasteiger partial charge on any atom is -0.381 e. The van der Waals surface area contributed by atoms with Gasteiger partial charge in [-0.15, -0.1) is 0 Å². The van der Waals surface area contributed by atoms with Crippen molar-refractivity contribution >= 4 is 0 Å². The van der Waals surface area contributed by atoms with Crippen molar-refractivity contribution in [3.05, 3.63) is 0 Å². The number of hydrogen-bond donors (Lipinski definition) is 0. The molecule has 76 valence electrons. The Morgan fingerprint density at radius 2 is 1.62 bits per heavy atom. The van der Waals surface area contributed by atoms with Crippen molar-refractivity contribution in [3.63, 3.8) is 0 Å². The van der Waals surface area contributed by atoms with E-state index in [0.717, 1.165) is 11.8 Å². The van der Waals surface area contributed by atoms with E-state index < -0.39 is 0 Å². The van der Waals surface area contributed by atoms with Gasteiger partial charge in [-0.1, -0.05) is 32.1 Å². The molecule has 2 saturated carbocycles. The molecule has 2 bridgehead atoms. The highest BCUT2D eigenvalue weighted by atomic mass is 16.5. The molecule has 0 amide bonds. The van der Waals surface area contributed by atoms with Crippen LogP contribution in [0.1, 0.15) is 51.4 Å². The maximum absolute atomic E-state index is 5.61. The third kappa shape index (κ3) is 2.25. The lowest BCUT2D eigenvalue weighted by molar-refractivity contribution is 0.0326. The van der Waals surface area contributed by atoms with Gasteiger partial charge in [-0.05, 0) is 31.1 Å². The SMILES string of the molecule is COC1CCCC2CCCC1CC2. The van der Waals surface area contributed by atoms with Crippen LogP contribution in [0.25, 0.3) is 0 Å². The van der Waals surface area contributed by atoms with Crippen LogP contribution < -0.4 is 0 Å². The van der Waals surface area contributed by atoms with Gasteiger partial charge in [-0.2, -0.15) is 0 Å². The van der Waals surface area contributed by atoms with Gasteiger partial charge in [0.1, 0.15) is 0 Å². The summed E-state index contributed by atoms with van der Waals surface area (Å²) in [5.41, 5.74) is 0. The summed E-state index contributed by atoms with van der Waals surface area (Å²) >= 11 is 0. The molecule has 0 radical (unpaired) electrons. The van der Waals surface area contributed by atoms with Crippen LogP contribution in [0.2, 0.25) is 0 Å². The molecule has 3 unspecified atom stereocenters. The van der Waals surface area contributed by atoms with E-state index in [-0.39, 0.29) is 0 Å². The molecule has 1 heteroatoms. The highest BCUT2D eigenvalue weighted by molar-refractivity contribution is 4.79. The maximum Gasteiger partial charge on any atom is 0.0599 e. The van der Waals surface area contributed by atoms with E-state index in [9.17, 15) is 0 Å². The average molecular weight is 182 g/mol. The van der Waals surface area contributed by atoms with Crippen molar-refractivity contribution in [2.75, 3.05) is 7.11 Å². The molecule has 1 nitrogen and oxygen atoms in total. The van der Waals surface area contributed by atoms with Crippen molar-refractivity contribution in [3.8, 4) is 0 Å². The van der Waals surface area contributed by atoms with Gasteiger partial charge in [0, 0.05) is 7.11 Å². The number of fused-ring (bicyclic) bond motifs is 3. The molecule has 0 aromatic carbocycles. The van der Waals surface area contributed by atoms with Gasteiger partial charge in [0.25, 0.3) is 0 Å². The van der Waals surface area contributed by atoms with Gasteiger partial charge in [-0.25, -0.2) is 0 Å². The molecule has 3 atom stereocenters. The second kappa shape index (κ2) is 4.45. The van der Waals surface area contributed by atoms with Gasteiger partial charge in [0.15, 0.2) is 0 Å². The molecule has 0 aliphatic heterocycles. The van der Waals surface area contributed by atoms with E-state index in [1.165, 1.54) is 51.4 Å². The van der Waals surface area contributed by atoms with Crippen LogP contribution in [-0.4, -0.2) is 13.2 Å². The normalized spacial score (nSPS) is 40.8. The Balaban J connectivity index is 2.01. The summed E-state index contributed by atoms with van der Waals surface area (Å²) in [6.45, 7) is 0. The molecule has 0 saturated heterocycles. The summed E-state index contributed by atoms with van der Waals surface area (Å²) in [4.78, 5) is 0. The number of methoxy groups -OCH3 is 1. The zero-order valence-corrected chi connectivity index (χ0v) is 8.80. The van der Waals surface area contributed by atoms with Crippen LogP contribution in [0.3, 0.4) is 0 Å². The summed E-state index contributed by atoms with van der Waals surface area (Å²) in [6.07, 6.45) is 12.0. The minimum absolute atomic E-state index is 0.582. The zero-order valence-electron chi connectivity index (χ0n) is 8.80. The van der Waals surface area contributed by atoms with Gasteiger partial charge >= 0.3 is 0 Å². The monoisotopic (exact) mass is 182 g/mol. The fraction of sp³-hybridized carbons (Fsp3) is 1.00. The van der Waals surface area contributed by atoms with E-state index in [1.54, 1.807) is 0 Å². The number of rotatable bonds is 1. The van der Waals surface area contributed by atoms with Crippen LogP contribution in [0.15, 0.2) is 0 Å². The molecular weight excluding hydrogens is 160 g/mol. The quantitative estimate of drug-likeness (QED) is 0.604. The largest absolute Gasteiger partial charge is 0.381 e. The molecule has 2 aliphatic carbocycles. The van der Waals surface area contributed by atoms with Crippen LogP contribution in [0.5, 0.6) is 0 Å². The molecule has 2 rings (SSSR count). The molecule has 13 heavy (non-hydrogen) atoms. The lowest BCUT2D eigenvalue weighted by Crippen LogP contribution is -2.24. The van der Waals surface area contributed by atoms with Gasteiger partial charge in [0.2, 0.25) is 0 Å². The molecule has 2 aliphatic rings. The molecule has 0 aromatic rings. The van der Waals surface area contributed by atoms with E-state index in [2.05, 4.69) is 0 Å². The van der Waals surface area contributed by atoms with Crippen LogP contribution >= 0.6 is 0 Å². The predicted octanol–water partition coefficient (Wildman–Crippen LogP) is 3.38. The fourth-order valence-corrected chi connectivity index (χ4v) is 3.22. The van der Waals surface area contributed by atoms with E-state index in [4.69, 9.17) is 4.74 Å². The predicted molar refractivity (Wildman–Crippen MR) is 54.7 cm³/mol. The highest BCUT2D eigenvalue weighted by Gasteiger charge is 2.27. The standard InChI is InChI=1S/C12H22O/c1-13-12-7-3-5-10-4-2-6-11(12)9-8-10/h10-12H,2-9H2,1H3. The second-order valence-corrected chi connectivity index (χ2v) is 4.84. The Morgan fingerprint density at radius 3 is 2.38 bits per heavy atom. The van der Waals surface area contributed by atoms with Gasteiger partial charge in [-0.3, -0.25) is 0 Å².